The van der Waals surface area contributed by atoms with E-state index in [1.807, 2.05) is 0 Å². The van der Waals surface area contributed by atoms with Gasteiger partial charge in [-0.3, -0.25) is 9.80 Å². The zero-order valence-corrected chi connectivity index (χ0v) is 11.5. The minimum atomic E-state index is -0.0422. The lowest BCUT2D eigenvalue weighted by atomic mass is 9.81. The van der Waals surface area contributed by atoms with Gasteiger partial charge in [0, 0.05) is 25.2 Å². The molecule has 0 unspecified atom stereocenters. The van der Waals surface area contributed by atoms with E-state index in [4.69, 9.17) is 10.4 Å². The summed E-state index contributed by atoms with van der Waals surface area (Å²) in [5.74, 6) is 0. The van der Waals surface area contributed by atoms with Crippen LogP contribution in [0, 0.1) is 11.3 Å². The third-order valence-corrected chi connectivity index (χ3v) is 3.75. The summed E-state index contributed by atoms with van der Waals surface area (Å²) in [6, 6.07) is 2.31. The van der Waals surface area contributed by atoms with Gasteiger partial charge in [-0.2, -0.15) is 5.26 Å². The Bertz CT molecular complexity index is 284. The van der Waals surface area contributed by atoms with Gasteiger partial charge >= 0.3 is 0 Å². The number of hydrogen-bond donors (Lipinski definition) is 1. The lowest BCUT2D eigenvalue weighted by Crippen LogP contribution is -2.73. The van der Waals surface area contributed by atoms with Crippen LogP contribution in [0.3, 0.4) is 0 Å². The van der Waals surface area contributed by atoms with Crippen molar-refractivity contribution < 1.29 is 5.11 Å². The molecule has 1 rings (SSSR count). The number of aliphatic hydroxyl groups excluding tert-OH is 1. The Morgan fingerprint density at radius 1 is 1.41 bits per heavy atom. The standard InChI is InChI=1S/C13H25N3O/c1-5-15(8-9-17)13(6-7-14)10-16(11-13)12(2,3)4/h17H,5-6,8-11H2,1-4H3. The van der Waals surface area contributed by atoms with Crippen LogP contribution in [0.25, 0.3) is 0 Å². The van der Waals surface area contributed by atoms with E-state index >= 15 is 0 Å². The number of nitriles is 1. The second kappa shape index (κ2) is 5.34. The summed E-state index contributed by atoms with van der Waals surface area (Å²) in [6.45, 7) is 12.3. The summed E-state index contributed by atoms with van der Waals surface area (Å²) in [5, 5.41) is 18.1. The molecule has 4 nitrogen and oxygen atoms in total. The van der Waals surface area contributed by atoms with Crippen molar-refractivity contribution in [2.75, 3.05) is 32.8 Å². The zero-order valence-electron chi connectivity index (χ0n) is 11.5. The highest BCUT2D eigenvalue weighted by Crippen LogP contribution is 2.35. The molecule has 0 spiro atoms. The Kier molecular flexibility index (Phi) is 4.54. The Morgan fingerprint density at radius 2 is 2.00 bits per heavy atom. The number of likely N-dealkylation sites (N-methyl/N-ethyl adjacent to an activating group) is 1. The second-order valence-corrected chi connectivity index (χ2v) is 5.89. The SMILES string of the molecule is CCN(CCO)C1(CC#N)CN(C(C)(C)C)C1. The number of hydrogen-bond acceptors (Lipinski definition) is 4. The van der Waals surface area contributed by atoms with E-state index in [1.165, 1.54) is 0 Å². The molecule has 4 heteroatoms. The molecule has 17 heavy (non-hydrogen) atoms. The van der Waals surface area contributed by atoms with Gasteiger partial charge in [-0.05, 0) is 27.3 Å². The molecule has 0 bridgehead atoms. The maximum Gasteiger partial charge on any atom is 0.0642 e. The summed E-state index contributed by atoms with van der Waals surface area (Å²) in [7, 11) is 0. The molecule has 0 aromatic rings. The molecule has 0 saturated carbocycles. The molecular formula is C13H25N3O. The molecule has 98 valence electrons. The van der Waals surface area contributed by atoms with Crippen molar-refractivity contribution in [2.24, 2.45) is 0 Å². The number of β-amino-alcohol motifs (C(OH)–C–C–N with tert-alkyl or cyclic N) is 1. The largest absolute Gasteiger partial charge is 0.395 e. The topological polar surface area (TPSA) is 50.5 Å². The molecule has 1 N–H and O–H groups in total. The van der Waals surface area contributed by atoms with Crippen LogP contribution in [0.4, 0.5) is 0 Å². The van der Waals surface area contributed by atoms with Crippen molar-refractivity contribution in [3.8, 4) is 6.07 Å². The number of rotatable bonds is 5. The van der Waals surface area contributed by atoms with Crippen LogP contribution < -0.4 is 0 Å². The van der Waals surface area contributed by atoms with E-state index in [1.54, 1.807) is 0 Å². The molecule has 0 aromatic heterocycles. The maximum absolute atomic E-state index is 9.11. The zero-order chi connectivity index (χ0) is 13.1. The van der Waals surface area contributed by atoms with Crippen molar-refractivity contribution in [3.05, 3.63) is 0 Å². The minimum absolute atomic E-state index is 0.0422. The predicted octanol–water partition coefficient (Wildman–Crippen LogP) is 1.07. The third-order valence-electron chi connectivity index (χ3n) is 3.75. The average Bonchev–Trinajstić information content (AvgIpc) is 2.18. The second-order valence-electron chi connectivity index (χ2n) is 5.89. The number of likely N-dealkylation sites (tertiary alicyclic amines) is 1. The summed E-state index contributed by atoms with van der Waals surface area (Å²) in [4.78, 5) is 4.64. The molecule has 1 fully saturated rings. The summed E-state index contributed by atoms with van der Waals surface area (Å²) >= 11 is 0. The number of nitrogens with zero attached hydrogens (tertiary/aromatic N) is 3. The van der Waals surface area contributed by atoms with Crippen molar-refractivity contribution in [2.45, 2.75) is 45.2 Å². The lowest BCUT2D eigenvalue weighted by Gasteiger charge is -2.59. The van der Waals surface area contributed by atoms with E-state index in [-0.39, 0.29) is 17.7 Å². The van der Waals surface area contributed by atoms with Gasteiger partial charge in [0.2, 0.25) is 0 Å². The van der Waals surface area contributed by atoms with Crippen LogP contribution in [-0.4, -0.2) is 58.8 Å². The minimum Gasteiger partial charge on any atom is -0.395 e. The first-order valence-electron chi connectivity index (χ1n) is 6.37. The predicted molar refractivity (Wildman–Crippen MR) is 68.6 cm³/mol. The molecule has 1 saturated heterocycles. The Morgan fingerprint density at radius 3 is 2.35 bits per heavy atom. The van der Waals surface area contributed by atoms with Gasteiger partial charge < -0.3 is 5.11 Å². The Hall–Kier alpha value is -0.630. The normalized spacial score (nSPS) is 20.1. The van der Waals surface area contributed by atoms with Gasteiger partial charge in [0.05, 0.1) is 24.6 Å². The molecule has 0 aliphatic carbocycles. The van der Waals surface area contributed by atoms with Gasteiger partial charge in [0.1, 0.15) is 0 Å². The maximum atomic E-state index is 9.11. The molecule has 1 heterocycles. The third kappa shape index (κ3) is 2.98. The van der Waals surface area contributed by atoms with Gasteiger partial charge in [-0.1, -0.05) is 6.92 Å². The lowest BCUT2D eigenvalue weighted by molar-refractivity contribution is -0.0937. The monoisotopic (exact) mass is 239 g/mol. The highest BCUT2D eigenvalue weighted by Gasteiger charge is 2.49. The van der Waals surface area contributed by atoms with E-state index in [9.17, 15) is 0 Å². The fraction of sp³-hybridized carbons (Fsp3) is 0.923. The van der Waals surface area contributed by atoms with Crippen molar-refractivity contribution in [3.63, 3.8) is 0 Å². The molecule has 1 aliphatic rings. The van der Waals surface area contributed by atoms with Crippen LogP contribution in [0.15, 0.2) is 0 Å². The van der Waals surface area contributed by atoms with Crippen LogP contribution in [0.5, 0.6) is 0 Å². The van der Waals surface area contributed by atoms with E-state index < -0.39 is 0 Å². The fourth-order valence-electron chi connectivity index (χ4n) is 2.56. The van der Waals surface area contributed by atoms with Gasteiger partial charge in [0.15, 0.2) is 0 Å². The van der Waals surface area contributed by atoms with Gasteiger partial charge in [0.25, 0.3) is 0 Å². The van der Waals surface area contributed by atoms with Gasteiger partial charge in [-0.15, -0.1) is 0 Å². The molecule has 1 aliphatic heterocycles. The summed E-state index contributed by atoms with van der Waals surface area (Å²) in [6.07, 6.45) is 0.549. The molecule has 0 atom stereocenters. The smallest absolute Gasteiger partial charge is 0.0642 e. The van der Waals surface area contributed by atoms with Crippen LogP contribution in [0.2, 0.25) is 0 Å². The van der Waals surface area contributed by atoms with Gasteiger partial charge in [-0.25, -0.2) is 0 Å². The first-order valence-corrected chi connectivity index (χ1v) is 6.37. The highest BCUT2D eigenvalue weighted by molar-refractivity contribution is 5.10. The fourth-order valence-corrected chi connectivity index (χ4v) is 2.56. The van der Waals surface area contributed by atoms with E-state index in [2.05, 4.69) is 43.6 Å². The Balaban J connectivity index is 2.72. The molecule has 0 amide bonds. The van der Waals surface area contributed by atoms with Crippen molar-refractivity contribution in [1.29, 1.82) is 5.26 Å². The quantitative estimate of drug-likeness (QED) is 0.779. The van der Waals surface area contributed by atoms with Crippen molar-refractivity contribution >= 4 is 0 Å². The first-order chi connectivity index (χ1) is 7.89. The van der Waals surface area contributed by atoms with Crippen LogP contribution in [-0.2, 0) is 0 Å². The first kappa shape index (κ1) is 14.4. The molecular weight excluding hydrogens is 214 g/mol. The Labute approximate surface area is 105 Å². The average molecular weight is 239 g/mol. The summed E-state index contributed by atoms with van der Waals surface area (Å²) in [5.41, 5.74) is 0.122. The van der Waals surface area contributed by atoms with E-state index in [0.29, 0.717) is 13.0 Å². The molecule has 0 aromatic carbocycles. The number of aliphatic hydroxyl groups is 1. The van der Waals surface area contributed by atoms with Crippen LogP contribution in [0.1, 0.15) is 34.1 Å². The summed E-state index contributed by atoms with van der Waals surface area (Å²) < 4.78 is 0. The molecule has 0 radical (unpaired) electrons. The van der Waals surface area contributed by atoms with E-state index in [0.717, 1.165) is 19.6 Å². The van der Waals surface area contributed by atoms with Crippen molar-refractivity contribution in [1.82, 2.24) is 9.80 Å². The highest BCUT2D eigenvalue weighted by atomic mass is 16.3. The van der Waals surface area contributed by atoms with Crippen LogP contribution >= 0.6 is 0 Å².